The van der Waals surface area contributed by atoms with Gasteiger partial charge in [0.1, 0.15) is 11.9 Å². The monoisotopic (exact) mass is 473 g/mol. The van der Waals surface area contributed by atoms with Crippen LogP contribution in [0.25, 0.3) is 0 Å². The first kappa shape index (κ1) is 22.7. The first-order valence-corrected chi connectivity index (χ1v) is 11.8. The molecule has 0 spiro atoms. The fourth-order valence-corrected chi connectivity index (χ4v) is 5.00. The van der Waals surface area contributed by atoms with E-state index < -0.39 is 45.5 Å². The van der Waals surface area contributed by atoms with Crippen LogP contribution in [0.4, 0.5) is 4.39 Å². The zero-order valence-corrected chi connectivity index (χ0v) is 18.2. The van der Waals surface area contributed by atoms with Crippen molar-refractivity contribution in [3.8, 4) is 0 Å². The molecule has 0 aliphatic carbocycles. The van der Waals surface area contributed by atoms with Crippen molar-refractivity contribution in [1.29, 1.82) is 0 Å². The highest BCUT2D eigenvalue weighted by atomic mass is 32.2. The molecular formula is C22H20FN3O6S. The molecule has 1 unspecified atom stereocenters. The van der Waals surface area contributed by atoms with E-state index in [4.69, 9.17) is 0 Å². The first-order valence-electron chi connectivity index (χ1n) is 10.3. The summed E-state index contributed by atoms with van der Waals surface area (Å²) >= 11 is 0. The Morgan fingerprint density at radius 2 is 1.79 bits per heavy atom. The van der Waals surface area contributed by atoms with Gasteiger partial charge in [0.05, 0.1) is 16.0 Å². The van der Waals surface area contributed by atoms with Gasteiger partial charge in [0, 0.05) is 13.0 Å². The van der Waals surface area contributed by atoms with Crippen LogP contribution >= 0.6 is 0 Å². The number of amides is 4. The van der Waals surface area contributed by atoms with E-state index in [2.05, 4.69) is 10.0 Å². The lowest BCUT2D eigenvalue weighted by atomic mass is 10.0. The number of halogens is 1. The number of nitrogens with zero attached hydrogens (tertiary/aromatic N) is 1. The Bertz CT molecular complexity index is 1280. The number of hydrogen-bond acceptors (Lipinski definition) is 6. The molecule has 2 heterocycles. The molecule has 33 heavy (non-hydrogen) atoms. The number of nitrogens with one attached hydrogen (secondary N) is 2. The molecule has 2 N–H and O–H groups in total. The van der Waals surface area contributed by atoms with Crippen LogP contribution in [0.2, 0.25) is 0 Å². The summed E-state index contributed by atoms with van der Waals surface area (Å²) in [6, 6.07) is 8.39. The van der Waals surface area contributed by atoms with Gasteiger partial charge in [0.2, 0.25) is 21.8 Å². The van der Waals surface area contributed by atoms with Crippen molar-refractivity contribution in [3.05, 3.63) is 65.0 Å². The van der Waals surface area contributed by atoms with Gasteiger partial charge in [-0.05, 0) is 55.2 Å². The molecule has 0 radical (unpaired) electrons. The number of hydrogen-bond donors (Lipinski definition) is 2. The average molecular weight is 473 g/mol. The fraction of sp³-hybridized carbons (Fsp3) is 0.273. The Labute approximate surface area is 189 Å². The van der Waals surface area contributed by atoms with E-state index in [9.17, 15) is 32.0 Å². The molecule has 1 saturated heterocycles. The van der Waals surface area contributed by atoms with Gasteiger partial charge in [0.15, 0.2) is 0 Å². The topological polar surface area (TPSA) is 130 Å². The van der Waals surface area contributed by atoms with Gasteiger partial charge in [-0.1, -0.05) is 12.1 Å². The lowest BCUT2D eigenvalue weighted by Crippen LogP contribution is -2.54. The molecule has 0 aromatic heterocycles. The number of sulfonamides is 1. The second-order valence-electron chi connectivity index (χ2n) is 7.79. The SMILES string of the molecule is O=C1CCC(N2C(=O)c3ccc(CCCNS(=O)(=O)c4cccc(F)c4)cc3C2=O)C(=O)N1. The van der Waals surface area contributed by atoms with E-state index in [0.29, 0.717) is 18.4 Å². The zero-order valence-electron chi connectivity index (χ0n) is 17.3. The van der Waals surface area contributed by atoms with Gasteiger partial charge in [-0.2, -0.15) is 0 Å². The predicted octanol–water partition coefficient (Wildman–Crippen LogP) is 1.14. The van der Waals surface area contributed by atoms with Crippen LogP contribution in [0.3, 0.4) is 0 Å². The summed E-state index contributed by atoms with van der Waals surface area (Å²) in [5.41, 5.74) is 1.06. The summed E-state index contributed by atoms with van der Waals surface area (Å²) in [5.74, 6) is -2.95. The summed E-state index contributed by atoms with van der Waals surface area (Å²) in [7, 11) is -3.85. The summed E-state index contributed by atoms with van der Waals surface area (Å²) in [5, 5.41) is 2.15. The van der Waals surface area contributed by atoms with Gasteiger partial charge in [-0.3, -0.25) is 29.4 Å². The lowest BCUT2D eigenvalue weighted by molar-refractivity contribution is -0.136. The number of carbonyl (C=O) groups is 4. The van der Waals surface area contributed by atoms with E-state index in [1.165, 1.54) is 18.2 Å². The molecule has 2 aromatic rings. The average Bonchev–Trinajstić information content (AvgIpc) is 3.01. The van der Waals surface area contributed by atoms with Gasteiger partial charge in [0.25, 0.3) is 11.8 Å². The van der Waals surface area contributed by atoms with Crippen LogP contribution in [-0.4, -0.2) is 49.5 Å². The quantitative estimate of drug-likeness (QED) is 0.458. The molecule has 1 fully saturated rings. The maximum absolute atomic E-state index is 13.3. The Morgan fingerprint density at radius 3 is 2.52 bits per heavy atom. The van der Waals surface area contributed by atoms with Crippen molar-refractivity contribution in [2.24, 2.45) is 0 Å². The van der Waals surface area contributed by atoms with Crippen molar-refractivity contribution in [3.63, 3.8) is 0 Å². The summed E-state index contributed by atoms with van der Waals surface area (Å²) in [6.45, 7) is 0.0885. The molecule has 9 nitrogen and oxygen atoms in total. The zero-order chi connectivity index (χ0) is 23.8. The van der Waals surface area contributed by atoms with Crippen molar-refractivity contribution in [2.75, 3.05) is 6.54 Å². The van der Waals surface area contributed by atoms with Crippen LogP contribution < -0.4 is 10.0 Å². The third-order valence-corrected chi connectivity index (χ3v) is 7.00. The highest BCUT2D eigenvalue weighted by Crippen LogP contribution is 2.28. The number of rotatable bonds is 7. The van der Waals surface area contributed by atoms with Crippen LogP contribution in [0.5, 0.6) is 0 Å². The predicted molar refractivity (Wildman–Crippen MR) is 113 cm³/mol. The molecule has 2 aliphatic rings. The molecule has 2 aromatic carbocycles. The molecule has 0 saturated carbocycles. The minimum absolute atomic E-state index is 0.0423. The van der Waals surface area contributed by atoms with Crippen LogP contribution in [0.15, 0.2) is 47.4 Å². The Hall–Kier alpha value is -3.44. The van der Waals surface area contributed by atoms with Crippen molar-refractivity contribution in [2.45, 2.75) is 36.6 Å². The van der Waals surface area contributed by atoms with Crippen LogP contribution in [0.1, 0.15) is 45.5 Å². The highest BCUT2D eigenvalue weighted by molar-refractivity contribution is 7.89. The molecule has 0 bridgehead atoms. The molecular weight excluding hydrogens is 453 g/mol. The smallest absolute Gasteiger partial charge is 0.262 e. The van der Waals surface area contributed by atoms with E-state index in [0.717, 1.165) is 17.0 Å². The van der Waals surface area contributed by atoms with Gasteiger partial charge >= 0.3 is 0 Å². The number of imide groups is 2. The van der Waals surface area contributed by atoms with Crippen LogP contribution in [-0.2, 0) is 26.0 Å². The molecule has 4 amide bonds. The number of aryl methyl sites for hydroxylation is 1. The second kappa shape index (κ2) is 8.83. The fourth-order valence-electron chi connectivity index (χ4n) is 3.89. The largest absolute Gasteiger partial charge is 0.295 e. The standard InChI is InChI=1S/C22H20FN3O6S/c23-14-4-1-5-15(12-14)33(31,32)24-10-2-3-13-6-7-16-17(11-13)22(30)26(21(16)29)18-8-9-19(27)25-20(18)28/h1,4-7,11-12,18,24H,2-3,8-10H2,(H,25,27,28). The van der Waals surface area contributed by atoms with E-state index in [1.54, 1.807) is 12.1 Å². The third-order valence-electron chi connectivity index (χ3n) is 5.54. The summed E-state index contributed by atoms with van der Waals surface area (Å²) in [4.78, 5) is 49.8. The number of benzene rings is 2. The maximum Gasteiger partial charge on any atom is 0.262 e. The van der Waals surface area contributed by atoms with Crippen molar-refractivity contribution in [1.82, 2.24) is 14.9 Å². The van der Waals surface area contributed by atoms with Crippen molar-refractivity contribution < 1.29 is 32.0 Å². The Balaban J connectivity index is 1.39. The number of piperidine rings is 1. The van der Waals surface area contributed by atoms with Gasteiger partial charge < -0.3 is 0 Å². The Morgan fingerprint density at radius 1 is 1.03 bits per heavy atom. The van der Waals surface area contributed by atoms with E-state index in [1.807, 2.05) is 0 Å². The molecule has 172 valence electrons. The third kappa shape index (κ3) is 4.55. The molecule has 2 aliphatic heterocycles. The lowest BCUT2D eigenvalue weighted by Gasteiger charge is -2.27. The molecule has 1 atom stereocenters. The van der Waals surface area contributed by atoms with E-state index in [-0.39, 0.29) is 35.4 Å². The van der Waals surface area contributed by atoms with Gasteiger partial charge in [-0.15, -0.1) is 0 Å². The van der Waals surface area contributed by atoms with E-state index >= 15 is 0 Å². The Kier molecular flexibility index (Phi) is 6.09. The maximum atomic E-state index is 13.3. The minimum Gasteiger partial charge on any atom is -0.295 e. The van der Waals surface area contributed by atoms with Crippen molar-refractivity contribution >= 4 is 33.7 Å². The minimum atomic E-state index is -3.85. The number of fused-ring (bicyclic) bond motifs is 1. The van der Waals surface area contributed by atoms with Gasteiger partial charge in [-0.25, -0.2) is 17.5 Å². The second-order valence-corrected chi connectivity index (χ2v) is 9.55. The highest BCUT2D eigenvalue weighted by Gasteiger charge is 2.44. The first-order chi connectivity index (χ1) is 15.7. The molecule has 4 rings (SSSR count). The molecule has 11 heteroatoms. The summed E-state index contributed by atoms with van der Waals surface area (Å²) < 4.78 is 40.2. The van der Waals surface area contributed by atoms with Crippen LogP contribution in [0, 0.1) is 5.82 Å². The number of carbonyl (C=O) groups excluding carboxylic acids is 4. The summed E-state index contributed by atoms with van der Waals surface area (Å²) in [6.07, 6.45) is 0.931. The normalized spacial score (nSPS) is 18.5.